The highest BCUT2D eigenvalue weighted by molar-refractivity contribution is 7.89. The minimum Gasteiger partial charge on any atom is -0.360 e. The van der Waals surface area contributed by atoms with Crippen LogP contribution in [0.5, 0.6) is 0 Å². The van der Waals surface area contributed by atoms with Crippen molar-refractivity contribution in [1.29, 1.82) is 0 Å². The average molecular weight is 382 g/mol. The van der Waals surface area contributed by atoms with Crippen molar-refractivity contribution in [3.63, 3.8) is 0 Å². The first-order valence-corrected chi connectivity index (χ1v) is 10.9. The SMILES string of the molecule is CC1CN(S(=O)(=O)C2CCNCC2)CC1NC(=O)c1cc(C2CC2)on1. The largest absolute Gasteiger partial charge is 0.360 e. The number of piperidine rings is 1. The third kappa shape index (κ3) is 3.52. The normalized spacial score (nSPS) is 28.3. The second-order valence-corrected chi connectivity index (χ2v) is 9.97. The highest BCUT2D eigenvalue weighted by Gasteiger charge is 2.41. The monoisotopic (exact) mass is 382 g/mol. The third-order valence-electron chi connectivity index (χ3n) is 5.70. The van der Waals surface area contributed by atoms with Gasteiger partial charge in [-0.25, -0.2) is 8.42 Å². The molecule has 2 saturated heterocycles. The highest BCUT2D eigenvalue weighted by atomic mass is 32.2. The average Bonchev–Trinajstić information content (AvgIpc) is 3.24. The number of nitrogens with one attached hydrogen (secondary N) is 2. The summed E-state index contributed by atoms with van der Waals surface area (Å²) in [4.78, 5) is 12.5. The van der Waals surface area contributed by atoms with Crippen molar-refractivity contribution in [2.45, 2.75) is 49.8 Å². The van der Waals surface area contributed by atoms with E-state index in [0.717, 1.165) is 31.7 Å². The Morgan fingerprint density at radius 2 is 2.00 bits per heavy atom. The van der Waals surface area contributed by atoms with Gasteiger partial charge in [-0.1, -0.05) is 12.1 Å². The number of hydrogen-bond acceptors (Lipinski definition) is 6. The maximum absolute atomic E-state index is 12.9. The first kappa shape index (κ1) is 17.9. The van der Waals surface area contributed by atoms with Crippen molar-refractivity contribution in [1.82, 2.24) is 20.1 Å². The van der Waals surface area contributed by atoms with Crippen LogP contribution in [0.1, 0.15) is 54.8 Å². The van der Waals surface area contributed by atoms with Gasteiger partial charge in [-0.05, 0) is 44.7 Å². The van der Waals surface area contributed by atoms with Gasteiger partial charge in [-0.3, -0.25) is 4.79 Å². The van der Waals surface area contributed by atoms with E-state index in [1.54, 1.807) is 10.4 Å². The topological polar surface area (TPSA) is 105 Å². The lowest BCUT2D eigenvalue weighted by Crippen LogP contribution is -2.45. The molecule has 1 aliphatic carbocycles. The van der Waals surface area contributed by atoms with Crippen LogP contribution in [0.2, 0.25) is 0 Å². The standard InChI is InChI=1S/C17H26N4O4S/c1-11-9-21(26(23,24)13-4-6-18-7-5-13)10-15(11)19-17(22)14-8-16(25-20-14)12-2-3-12/h8,11-13,15,18H,2-7,9-10H2,1H3,(H,19,22). The van der Waals surface area contributed by atoms with Gasteiger partial charge in [-0.2, -0.15) is 4.31 Å². The fraction of sp³-hybridized carbons (Fsp3) is 0.765. The summed E-state index contributed by atoms with van der Waals surface area (Å²) in [5.41, 5.74) is 0.277. The van der Waals surface area contributed by atoms with Crippen molar-refractivity contribution in [3.8, 4) is 0 Å². The molecule has 8 nitrogen and oxygen atoms in total. The van der Waals surface area contributed by atoms with Crippen molar-refractivity contribution in [2.24, 2.45) is 5.92 Å². The molecular weight excluding hydrogens is 356 g/mol. The summed E-state index contributed by atoms with van der Waals surface area (Å²) in [6.07, 6.45) is 3.46. The molecule has 144 valence electrons. The fourth-order valence-electron chi connectivity index (χ4n) is 3.82. The van der Waals surface area contributed by atoms with Gasteiger partial charge in [-0.15, -0.1) is 0 Å². The van der Waals surface area contributed by atoms with E-state index in [4.69, 9.17) is 4.52 Å². The van der Waals surface area contributed by atoms with Crippen LogP contribution < -0.4 is 10.6 Å². The van der Waals surface area contributed by atoms with Crippen molar-refractivity contribution < 1.29 is 17.7 Å². The van der Waals surface area contributed by atoms with Gasteiger partial charge in [0, 0.05) is 31.1 Å². The number of sulfonamides is 1. The van der Waals surface area contributed by atoms with Crippen LogP contribution in [0.4, 0.5) is 0 Å². The van der Waals surface area contributed by atoms with Gasteiger partial charge in [0.2, 0.25) is 10.0 Å². The Labute approximate surface area is 153 Å². The molecule has 1 saturated carbocycles. The molecule has 2 N–H and O–H groups in total. The zero-order valence-electron chi connectivity index (χ0n) is 15.0. The van der Waals surface area contributed by atoms with Crippen LogP contribution >= 0.6 is 0 Å². The highest BCUT2D eigenvalue weighted by Crippen LogP contribution is 2.40. The van der Waals surface area contributed by atoms with Crippen LogP contribution in [0.25, 0.3) is 0 Å². The van der Waals surface area contributed by atoms with E-state index >= 15 is 0 Å². The smallest absolute Gasteiger partial charge is 0.273 e. The van der Waals surface area contributed by atoms with Gasteiger partial charge in [0.25, 0.3) is 5.91 Å². The Morgan fingerprint density at radius 3 is 2.69 bits per heavy atom. The Hall–Kier alpha value is -1.45. The van der Waals surface area contributed by atoms with E-state index in [-0.39, 0.29) is 28.8 Å². The lowest BCUT2D eigenvalue weighted by atomic mass is 10.1. The molecule has 9 heteroatoms. The molecule has 3 heterocycles. The van der Waals surface area contributed by atoms with Crippen LogP contribution in [0.3, 0.4) is 0 Å². The molecule has 0 bridgehead atoms. The van der Waals surface area contributed by atoms with Gasteiger partial charge < -0.3 is 15.2 Å². The Kier molecular flexibility index (Phi) is 4.79. The maximum Gasteiger partial charge on any atom is 0.273 e. The number of rotatable bonds is 5. The number of hydrogen-bond donors (Lipinski definition) is 2. The molecule has 2 aliphatic heterocycles. The number of carbonyl (C=O) groups excluding carboxylic acids is 1. The summed E-state index contributed by atoms with van der Waals surface area (Å²) in [6.45, 7) is 4.23. The van der Waals surface area contributed by atoms with E-state index in [1.807, 2.05) is 6.92 Å². The van der Waals surface area contributed by atoms with E-state index in [2.05, 4.69) is 15.8 Å². The summed E-state index contributed by atoms with van der Waals surface area (Å²) in [5, 5.41) is 9.68. The van der Waals surface area contributed by atoms with Crippen molar-refractivity contribution in [2.75, 3.05) is 26.2 Å². The maximum atomic E-state index is 12.9. The lowest BCUT2D eigenvalue weighted by Gasteiger charge is -2.27. The number of nitrogens with zero attached hydrogens (tertiary/aromatic N) is 2. The van der Waals surface area contributed by atoms with Crippen LogP contribution in [-0.4, -0.2) is 61.3 Å². The van der Waals surface area contributed by atoms with E-state index in [1.165, 1.54) is 0 Å². The number of carbonyl (C=O) groups is 1. The molecular formula is C17H26N4O4S. The Bertz CT molecular complexity index is 767. The molecule has 0 spiro atoms. The second-order valence-electron chi connectivity index (χ2n) is 7.76. The van der Waals surface area contributed by atoms with Crippen molar-refractivity contribution in [3.05, 3.63) is 17.5 Å². The lowest BCUT2D eigenvalue weighted by molar-refractivity contribution is 0.0923. The molecule has 2 atom stereocenters. The molecule has 1 aromatic rings. The molecule has 0 radical (unpaired) electrons. The van der Waals surface area contributed by atoms with E-state index in [0.29, 0.717) is 31.8 Å². The van der Waals surface area contributed by atoms with E-state index in [9.17, 15) is 13.2 Å². The molecule has 3 fully saturated rings. The number of aromatic nitrogens is 1. The van der Waals surface area contributed by atoms with Gasteiger partial charge in [0.05, 0.1) is 5.25 Å². The molecule has 4 rings (SSSR count). The van der Waals surface area contributed by atoms with Crippen LogP contribution in [-0.2, 0) is 10.0 Å². The zero-order chi connectivity index (χ0) is 18.3. The summed E-state index contributed by atoms with van der Waals surface area (Å²) >= 11 is 0. The molecule has 1 aromatic heterocycles. The van der Waals surface area contributed by atoms with Crippen LogP contribution in [0, 0.1) is 5.92 Å². The van der Waals surface area contributed by atoms with Crippen LogP contribution in [0.15, 0.2) is 10.6 Å². The minimum atomic E-state index is -3.32. The first-order chi connectivity index (χ1) is 12.4. The quantitative estimate of drug-likeness (QED) is 0.776. The summed E-state index contributed by atoms with van der Waals surface area (Å²) in [6, 6.07) is 1.50. The molecule has 3 aliphatic rings. The summed E-state index contributed by atoms with van der Waals surface area (Å²) < 4.78 is 32.5. The van der Waals surface area contributed by atoms with Gasteiger partial charge in [0.15, 0.2) is 5.69 Å². The molecule has 26 heavy (non-hydrogen) atoms. The Morgan fingerprint density at radius 1 is 1.27 bits per heavy atom. The zero-order valence-corrected chi connectivity index (χ0v) is 15.8. The fourth-order valence-corrected chi connectivity index (χ4v) is 5.89. The second kappa shape index (κ2) is 6.94. The Balaban J connectivity index is 1.39. The third-order valence-corrected chi connectivity index (χ3v) is 8.04. The predicted molar refractivity (Wildman–Crippen MR) is 95.3 cm³/mol. The molecule has 2 unspecified atom stereocenters. The van der Waals surface area contributed by atoms with Crippen molar-refractivity contribution >= 4 is 15.9 Å². The first-order valence-electron chi connectivity index (χ1n) is 9.42. The van der Waals surface area contributed by atoms with E-state index < -0.39 is 10.0 Å². The summed E-state index contributed by atoms with van der Waals surface area (Å²) in [7, 11) is -3.32. The minimum absolute atomic E-state index is 0.0604. The van der Waals surface area contributed by atoms with Gasteiger partial charge >= 0.3 is 0 Å². The predicted octanol–water partition coefficient (Wildman–Crippen LogP) is 0.684. The van der Waals surface area contributed by atoms with Gasteiger partial charge in [0.1, 0.15) is 5.76 Å². The molecule has 1 amide bonds. The molecule has 0 aromatic carbocycles. The summed E-state index contributed by atoms with van der Waals surface area (Å²) in [5.74, 6) is 0.939. The number of amides is 1.